The average molecular weight is 556 g/mol. The van der Waals surface area contributed by atoms with Crippen molar-refractivity contribution in [3.8, 4) is 0 Å². The number of ether oxygens (including phenoxy) is 1. The number of rotatable bonds is 5. The van der Waals surface area contributed by atoms with E-state index in [0.29, 0.717) is 16.9 Å². The third-order valence-corrected chi connectivity index (χ3v) is 7.58. The molecule has 0 radical (unpaired) electrons. The molecule has 4 rings (SSSR count). The Balaban J connectivity index is 1.90. The maximum absolute atomic E-state index is 13.9. The van der Waals surface area contributed by atoms with Gasteiger partial charge in [-0.3, -0.25) is 0 Å². The van der Waals surface area contributed by atoms with Gasteiger partial charge in [-0.05, 0) is 31.9 Å². The Morgan fingerprint density at radius 2 is 1.84 bits per heavy atom. The van der Waals surface area contributed by atoms with Crippen LogP contribution in [-0.4, -0.2) is 58.9 Å². The molecule has 0 saturated carbocycles. The van der Waals surface area contributed by atoms with E-state index in [4.69, 9.17) is 4.74 Å². The monoisotopic (exact) mass is 555 g/mol. The maximum Gasteiger partial charge on any atom is 0.433 e. The van der Waals surface area contributed by atoms with Gasteiger partial charge in [-0.15, -0.1) is 0 Å². The molecule has 10 nitrogen and oxygen atoms in total. The number of carbonyl (C=O) groups is 1. The number of fused-ring (bicyclic) bond motifs is 3. The van der Waals surface area contributed by atoms with Crippen LogP contribution in [0.3, 0.4) is 0 Å². The second kappa shape index (κ2) is 9.19. The molecule has 0 saturated heterocycles. The number of nitrogens with zero attached hydrogens (tertiary/aromatic N) is 5. The van der Waals surface area contributed by atoms with E-state index < -0.39 is 44.9 Å². The zero-order chi connectivity index (χ0) is 28.4. The zero-order valence-electron chi connectivity index (χ0n) is 21.7. The van der Waals surface area contributed by atoms with Gasteiger partial charge in [0.25, 0.3) is 0 Å². The van der Waals surface area contributed by atoms with Crippen molar-refractivity contribution >= 4 is 32.8 Å². The maximum atomic E-state index is 13.9. The van der Waals surface area contributed by atoms with E-state index in [2.05, 4.69) is 15.0 Å². The molecular weight excluding hydrogens is 527 g/mol. The number of benzene rings is 1. The van der Waals surface area contributed by atoms with Gasteiger partial charge in [-0.1, -0.05) is 13.8 Å². The summed E-state index contributed by atoms with van der Waals surface area (Å²) in [5, 5.41) is 10.3. The van der Waals surface area contributed by atoms with E-state index in [-0.39, 0.29) is 35.4 Å². The van der Waals surface area contributed by atoms with E-state index >= 15 is 0 Å². The summed E-state index contributed by atoms with van der Waals surface area (Å²) in [6.07, 6.45) is -2.85. The quantitative estimate of drug-likeness (QED) is 0.471. The van der Waals surface area contributed by atoms with E-state index in [1.165, 1.54) is 26.0 Å². The summed E-state index contributed by atoms with van der Waals surface area (Å²) in [5.74, 6) is -0.714. The first-order valence-electron chi connectivity index (χ1n) is 11.7. The van der Waals surface area contributed by atoms with Gasteiger partial charge >= 0.3 is 12.1 Å². The topological polar surface area (TPSA) is 128 Å². The van der Waals surface area contributed by atoms with Crippen molar-refractivity contribution in [3.05, 3.63) is 41.0 Å². The van der Waals surface area contributed by atoms with Crippen molar-refractivity contribution in [2.24, 2.45) is 5.92 Å². The predicted molar refractivity (Wildman–Crippen MR) is 131 cm³/mol. The highest BCUT2D eigenvalue weighted by Crippen LogP contribution is 2.40. The number of esters is 1. The molecule has 0 fully saturated rings. The van der Waals surface area contributed by atoms with Crippen molar-refractivity contribution in [2.75, 3.05) is 24.8 Å². The minimum atomic E-state index is -4.82. The highest BCUT2D eigenvalue weighted by molar-refractivity contribution is 7.90. The second-order valence-electron chi connectivity index (χ2n) is 10.1. The van der Waals surface area contributed by atoms with Crippen LogP contribution >= 0.6 is 0 Å². The van der Waals surface area contributed by atoms with E-state index in [1.807, 2.05) is 13.8 Å². The molecule has 14 heteroatoms. The summed E-state index contributed by atoms with van der Waals surface area (Å²) in [6, 6.07) is 2.14. The van der Waals surface area contributed by atoms with E-state index in [0.717, 1.165) is 19.6 Å². The van der Waals surface area contributed by atoms with E-state index in [1.54, 1.807) is 9.47 Å². The smallest absolute Gasteiger partial charge is 0.433 e. The lowest BCUT2D eigenvalue weighted by Gasteiger charge is -2.38. The molecule has 1 unspecified atom stereocenters. The van der Waals surface area contributed by atoms with Crippen molar-refractivity contribution in [2.45, 2.75) is 57.0 Å². The first-order chi connectivity index (χ1) is 17.4. The minimum Gasteiger partial charge on any atom is -0.465 e. The van der Waals surface area contributed by atoms with Gasteiger partial charge in [-0.2, -0.15) is 13.2 Å². The molecule has 1 atom stereocenters. The third-order valence-electron chi connectivity index (χ3n) is 6.44. The van der Waals surface area contributed by atoms with Gasteiger partial charge in [0, 0.05) is 31.1 Å². The summed E-state index contributed by atoms with van der Waals surface area (Å²) in [5.41, 5.74) is -2.83. The second-order valence-corrected chi connectivity index (χ2v) is 12.1. The van der Waals surface area contributed by atoms with Crippen LogP contribution in [-0.2, 0) is 32.9 Å². The summed E-state index contributed by atoms with van der Waals surface area (Å²) in [7, 11) is -2.66. The van der Waals surface area contributed by atoms with E-state index in [9.17, 15) is 31.5 Å². The Morgan fingerprint density at radius 1 is 1.18 bits per heavy atom. The number of hydrogen-bond donors (Lipinski definition) is 1. The molecule has 2 aromatic heterocycles. The van der Waals surface area contributed by atoms with Gasteiger partial charge in [0.2, 0.25) is 5.95 Å². The number of hydrogen-bond acceptors (Lipinski definition) is 9. The molecule has 3 aromatic rings. The number of sulfone groups is 1. The molecular formula is C24H28F3N5O5S. The Hall–Kier alpha value is -3.26. The number of anilines is 1. The summed E-state index contributed by atoms with van der Waals surface area (Å²) in [6.45, 7) is 6.64. The summed E-state index contributed by atoms with van der Waals surface area (Å²) >= 11 is 0. The Kier molecular flexibility index (Phi) is 6.71. The number of aromatic nitrogens is 4. The molecule has 206 valence electrons. The molecule has 1 N–H and O–H groups in total. The lowest BCUT2D eigenvalue weighted by atomic mass is 9.97. The Bertz CT molecular complexity index is 1530. The summed E-state index contributed by atoms with van der Waals surface area (Å²) < 4.78 is 73.2. The standard InChI is InChI=1S/C24H28F3N5O5S/c1-12(2)18-20-29-15-9-13(21(33)37-5)17(38(6,35)36)10-16(15)31(20)7-8-32(18)22-28-11-14(23(3,4)34)19(30-22)24(25,26)27/h9-12,18,34H,7-8H2,1-6H3. The van der Waals surface area contributed by atoms with Crippen molar-refractivity contribution in [1.82, 2.24) is 19.5 Å². The fourth-order valence-corrected chi connectivity index (χ4v) is 5.62. The minimum absolute atomic E-state index is 0.156. The predicted octanol–water partition coefficient (Wildman–Crippen LogP) is 3.48. The first kappa shape index (κ1) is 27.8. The van der Waals surface area contributed by atoms with Crippen molar-refractivity contribution in [1.29, 1.82) is 0 Å². The number of imidazole rings is 1. The fraction of sp³-hybridized carbons (Fsp3) is 0.500. The van der Waals surface area contributed by atoms with Crippen LogP contribution in [0.4, 0.5) is 19.1 Å². The molecule has 3 heterocycles. The van der Waals surface area contributed by atoms with Crippen LogP contribution in [0.1, 0.15) is 61.2 Å². The van der Waals surface area contributed by atoms with Gasteiger partial charge in [0.15, 0.2) is 15.5 Å². The van der Waals surface area contributed by atoms with Crippen LogP contribution in [0.2, 0.25) is 0 Å². The van der Waals surface area contributed by atoms with Crippen LogP contribution in [0, 0.1) is 5.92 Å². The van der Waals surface area contributed by atoms with Gasteiger partial charge < -0.3 is 19.3 Å². The number of carbonyl (C=O) groups excluding carboxylic acids is 1. The normalized spacial score (nSPS) is 16.7. The molecule has 0 spiro atoms. The van der Waals surface area contributed by atoms with Gasteiger partial charge in [0.05, 0.1) is 40.2 Å². The lowest BCUT2D eigenvalue weighted by Crippen LogP contribution is -2.42. The third kappa shape index (κ3) is 4.82. The SMILES string of the molecule is COC(=O)c1cc2nc3n(c2cc1S(C)(=O)=O)CCN(c1ncc(C(C)(C)O)c(C(F)(F)F)n1)C3C(C)C. The molecule has 0 aliphatic carbocycles. The molecule has 1 aromatic carbocycles. The molecule has 38 heavy (non-hydrogen) atoms. The number of methoxy groups -OCH3 is 1. The summed E-state index contributed by atoms with van der Waals surface area (Å²) in [4.78, 5) is 26.4. The number of halogens is 3. The molecule has 1 aliphatic heterocycles. The fourth-order valence-electron chi connectivity index (χ4n) is 4.75. The van der Waals surface area contributed by atoms with Gasteiger partial charge in [-0.25, -0.2) is 28.2 Å². The van der Waals surface area contributed by atoms with Crippen LogP contribution in [0.5, 0.6) is 0 Å². The number of aliphatic hydroxyl groups is 1. The highest BCUT2D eigenvalue weighted by Gasteiger charge is 2.42. The highest BCUT2D eigenvalue weighted by atomic mass is 32.2. The van der Waals surface area contributed by atoms with Crippen LogP contribution in [0.15, 0.2) is 23.2 Å². The van der Waals surface area contributed by atoms with Gasteiger partial charge in [0.1, 0.15) is 5.82 Å². The molecule has 0 amide bonds. The van der Waals surface area contributed by atoms with Crippen LogP contribution < -0.4 is 4.90 Å². The average Bonchev–Trinajstić information content (AvgIpc) is 3.17. The number of alkyl halides is 3. The zero-order valence-corrected chi connectivity index (χ0v) is 22.5. The largest absolute Gasteiger partial charge is 0.465 e. The van der Waals surface area contributed by atoms with Crippen LogP contribution in [0.25, 0.3) is 11.0 Å². The molecule has 1 aliphatic rings. The van der Waals surface area contributed by atoms with Crippen molar-refractivity contribution < 1.29 is 36.2 Å². The Morgan fingerprint density at radius 3 is 2.37 bits per heavy atom. The van der Waals surface area contributed by atoms with Crippen molar-refractivity contribution in [3.63, 3.8) is 0 Å². The molecule has 0 bridgehead atoms. The first-order valence-corrected chi connectivity index (χ1v) is 13.6. The lowest BCUT2D eigenvalue weighted by molar-refractivity contribution is -0.144. The Labute approximate surface area is 217 Å².